The van der Waals surface area contributed by atoms with E-state index in [1.54, 1.807) is 13.8 Å². The van der Waals surface area contributed by atoms with E-state index in [1.807, 2.05) is 12.3 Å². The lowest BCUT2D eigenvalue weighted by Crippen LogP contribution is -2.11. The molecule has 1 N–H and O–H groups in total. The molecule has 0 aromatic rings. The van der Waals surface area contributed by atoms with Crippen LogP contribution in [0.25, 0.3) is 0 Å². The molecule has 1 radical (unpaired) electrons. The lowest BCUT2D eigenvalue weighted by atomic mass is 10.2. The van der Waals surface area contributed by atoms with Crippen LogP contribution in [0.2, 0.25) is 0 Å². The van der Waals surface area contributed by atoms with Crippen molar-refractivity contribution in [3.8, 4) is 0 Å². The lowest BCUT2D eigenvalue weighted by molar-refractivity contribution is 1.33. The van der Waals surface area contributed by atoms with Crippen molar-refractivity contribution in [2.24, 2.45) is 4.90 Å². The Morgan fingerprint density at radius 2 is 2.67 bits per heavy atom. The van der Waals surface area contributed by atoms with E-state index in [0.717, 1.165) is 0 Å². The highest BCUT2D eigenvalue weighted by molar-refractivity contribution is 6.33. The first-order chi connectivity index (χ1) is 3.00. The van der Waals surface area contributed by atoms with Crippen LogP contribution in [-0.2, 0) is 0 Å². The number of nitrogens with one attached hydrogen (secondary N) is 1. The quantitative estimate of drug-likeness (QED) is 0.396. The van der Waals surface area contributed by atoms with Crippen LogP contribution < -0.4 is 5.23 Å². The van der Waals surface area contributed by atoms with Gasteiger partial charge in [0.05, 0.1) is 0 Å². The topological polar surface area (TPSA) is 24.4 Å². The number of allylic oxidation sites excluding steroid dienone is 1. The van der Waals surface area contributed by atoms with Crippen molar-refractivity contribution in [3.05, 3.63) is 12.3 Å². The standard InChI is InChI=1S/C3H4BN2/c1-2-5-4-6-3-1/h1-3,5H. The molecule has 3 heteroatoms. The van der Waals surface area contributed by atoms with Gasteiger partial charge in [0.15, 0.2) is 0 Å². The summed E-state index contributed by atoms with van der Waals surface area (Å²) in [6.07, 6.45) is 5.36. The van der Waals surface area contributed by atoms with Crippen LogP contribution in [0.3, 0.4) is 0 Å². The normalized spacial score (nSPS) is 16.0. The maximum atomic E-state index is 3.73. The first-order valence-corrected chi connectivity index (χ1v) is 1.76. The number of rotatable bonds is 0. The van der Waals surface area contributed by atoms with E-state index in [-0.39, 0.29) is 0 Å². The zero-order valence-electron chi connectivity index (χ0n) is 3.26. The Bertz CT molecular complexity index is 74.8. The predicted octanol–water partition coefficient (Wildman–Crippen LogP) is -0.292. The van der Waals surface area contributed by atoms with Crippen LogP contribution in [-0.4, -0.2) is 13.8 Å². The monoisotopic (exact) mass is 79.0 g/mol. The first kappa shape index (κ1) is 3.46. The molecule has 1 heterocycles. The van der Waals surface area contributed by atoms with Crippen LogP contribution in [0.4, 0.5) is 0 Å². The molecule has 0 aromatic heterocycles. The van der Waals surface area contributed by atoms with E-state index < -0.39 is 0 Å². The molecule has 6 heavy (non-hydrogen) atoms. The average Bonchev–Trinajstić information content (AvgIpc) is 1.72. The van der Waals surface area contributed by atoms with E-state index in [4.69, 9.17) is 0 Å². The molecule has 1 rings (SSSR count). The first-order valence-electron chi connectivity index (χ1n) is 1.76. The van der Waals surface area contributed by atoms with Gasteiger partial charge in [-0.25, -0.2) is 0 Å². The fourth-order valence-electron chi connectivity index (χ4n) is 0.277. The van der Waals surface area contributed by atoms with E-state index in [9.17, 15) is 0 Å². The summed E-state index contributed by atoms with van der Waals surface area (Å²) in [6.45, 7) is 0. The highest BCUT2D eigenvalue weighted by Crippen LogP contribution is 1.68. The maximum Gasteiger partial charge on any atom is 0.408 e. The summed E-state index contributed by atoms with van der Waals surface area (Å²) >= 11 is 0. The summed E-state index contributed by atoms with van der Waals surface area (Å²) in [5.74, 6) is 0. The predicted molar refractivity (Wildman–Crippen MR) is 26.5 cm³/mol. The molecule has 0 unspecified atom stereocenters. The zero-order chi connectivity index (χ0) is 4.24. The van der Waals surface area contributed by atoms with Gasteiger partial charge in [0.25, 0.3) is 0 Å². The number of hydrogen-bond acceptors (Lipinski definition) is 2. The molecule has 0 amide bonds. The molecule has 2 nitrogen and oxygen atoms in total. The average molecular weight is 78.9 g/mol. The molecular weight excluding hydrogens is 74.9 g/mol. The summed E-state index contributed by atoms with van der Waals surface area (Å²) in [4.78, 5) is 3.73. The molecule has 0 spiro atoms. The van der Waals surface area contributed by atoms with Crippen LogP contribution in [0.5, 0.6) is 0 Å². The van der Waals surface area contributed by atoms with Crippen LogP contribution in [0.15, 0.2) is 17.2 Å². The van der Waals surface area contributed by atoms with Gasteiger partial charge in [-0.05, 0) is 12.3 Å². The van der Waals surface area contributed by atoms with Crippen molar-refractivity contribution < 1.29 is 0 Å². The molecule has 1 aliphatic heterocycles. The van der Waals surface area contributed by atoms with Gasteiger partial charge in [-0.3, -0.25) is 0 Å². The fourth-order valence-corrected chi connectivity index (χ4v) is 0.277. The molecular formula is C3H4BN2. The van der Waals surface area contributed by atoms with Gasteiger partial charge in [0, 0.05) is 6.21 Å². The second-order valence-corrected chi connectivity index (χ2v) is 0.953. The smallest absolute Gasteiger partial charge is 0.408 e. The molecule has 0 aliphatic carbocycles. The van der Waals surface area contributed by atoms with Crippen molar-refractivity contribution >= 4 is 13.8 Å². The van der Waals surface area contributed by atoms with E-state index in [0.29, 0.717) is 0 Å². The Morgan fingerprint density at radius 1 is 1.67 bits per heavy atom. The highest BCUT2D eigenvalue weighted by Gasteiger charge is 1.80. The molecule has 29 valence electrons. The molecule has 0 saturated heterocycles. The SMILES string of the molecule is [B]1N=CC=CN1. The molecule has 0 bridgehead atoms. The molecule has 1 aliphatic rings. The van der Waals surface area contributed by atoms with Crippen molar-refractivity contribution in [2.45, 2.75) is 0 Å². The van der Waals surface area contributed by atoms with Crippen LogP contribution >= 0.6 is 0 Å². The third-order valence-electron chi connectivity index (χ3n) is 0.514. The Labute approximate surface area is 37.3 Å². The summed E-state index contributed by atoms with van der Waals surface area (Å²) in [5.41, 5.74) is 0. The van der Waals surface area contributed by atoms with Gasteiger partial charge in [-0.2, -0.15) is 0 Å². The van der Waals surface area contributed by atoms with Gasteiger partial charge in [-0.1, -0.05) is 0 Å². The lowest BCUT2D eigenvalue weighted by Gasteiger charge is -1.91. The summed E-state index contributed by atoms with van der Waals surface area (Å²) in [6, 6.07) is 0. The van der Waals surface area contributed by atoms with E-state index in [1.165, 1.54) is 0 Å². The second kappa shape index (κ2) is 1.65. The van der Waals surface area contributed by atoms with Gasteiger partial charge < -0.3 is 10.1 Å². The Hall–Kier alpha value is -0.725. The van der Waals surface area contributed by atoms with Crippen molar-refractivity contribution in [1.29, 1.82) is 0 Å². The van der Waals surface area contributed by atoms with E-state index in [2.05, 4.69) is 10.1 Å². The number of hydrogen-bond donors (Lipinski definition) is 1. The molecule has 0 atom stereocenters. The minimum Gasteiger partial charge on any atom is -0.417 e. The Kier molecular flexibility index (Phi) is 0.951. The molecule has 0 saturated carbocycles. The van der Waals surface area contributed by atoms with Crippen molar-refractivity contribution in [1.82, 2.24) is 5.23 Å². The minimum atomic E-state index is 1.62. The van der Waals surface area contributed by atoms with Gasteiger partial charge in [0.1, 0.15) is 0 Å². The van der Waals surface area contributed by atoms with E-state index >= 15 is 0 Å². The van der Waals surface area contributed by atoms with Gasteiger partial charge in [0.2, 0.25) is 0 Å². The molecule has 0 fully saturated rings. The second-order valence-electron chi connectivity index (χ2n) is 0.953. The van der Waals surface area contributed by atoms with Crippen molar-refractivity contribution in [3.63, 3.8) is 0 Å². The highest BCUT2D eigenvalue weighted by atomic mass is 14.8. The zero-order valence-corrected chi connectivity index (χ0v) is 3.26. The van der Waals surface area contributed by atoms with Crippen LogP contribution in [0.1, 0.15) is 0 Å². The number of nitrogens with zero attached hydrogens (tertiary/aromatic N) is 1. The summed E-state index contributed by atoms with van der Waals surface area (Å²) < 4.78 is 0. The van der Waals surface area contributed by atoms with Gasteiger partial charge >= 0.3 is 7.55 Å². The van der Waals surface area contributed by atoms with Gasteiger partial charge in [-0.15, -0.1) is 0 Å². The Balaban J connectivity index is 2.46. The largest absolute Gasteiger partial charge is 0.417 e. The minimum absolute atomic E-state index is 1.62. The summed E-state index contributed by atoms with van der Waals surface area (Å²) in [7, 11) is 1.62. The Morgan fingerprint density at radius 3 is 2.83 bits per heavy atom. The third-order valence-corrected chi connectivity index (χ3v) is 0.514. The molecule has 0 aromatic carbocycles. The third kappa shape index (κ3) is 0.609. The van der Waals surface area contributed by atoms with Crippen molar-refractivity contribution in [2.75, 3.05) is 0 Å². The van der Waals surface area contributed by atoms with Crippen LogP contribution in [0, 0.1) is 0 Å². The fraction of sp³-hybridized carbons (Fsp3) is 0. The maximum absolute atomic E-state index is 3.73. The summed E-state index contributed by atoms with van der Waals surface area (Å²) in [5, 5.41) is 2.78.